The molecule has 4 fully saturated rings. The maximum Gasteiger partial charge on any atom is 0.619 e. The molecule has 164 valence electrons. The summed E-state index contributed by atoms with van der Waals surface area (Å²) in [6, 6.07) is 0. The first-order valence-corrected chi connectivity index (χ1v) is 10.8. The molecule has 0 aromatic rings. The summed E-state index contributed by atoms with van der Waals surface area (Å²) in [7, 11) is 0. The fourth-order valence-corrected chi connectivity index (χ4v) is 5.97. The highest BCUT2D eigenvalue weighted by atomic mass is 17.0. The molecule has 4 rings (SSSR count). The molecule has 4 aliphatic rings. The predicted molar refractivity (Wildman–Crippen MR) is 101 cm³/mol. The van der Waals surface area contributed by atoms with Crippen LogP contribution in [0.3, 0.4) is 0 Å². The Kier molecular flexibility index (Phi) is 5.14. The average molecular weight is 420 g/mol. The molecule has 0 aromatic heterocycles. The minimum atomic E-state index is -2.79. The highest BCUT2D eigenvalue weighted by Crippen LogP contribution is 2.51. The van der Waals surface area contributed by atoms with E-state index in [4.69, 9.17) is 18.9 Å². The fourth-order valence-electron chi connectivity index (χ4n) is 5.97. The number of esters is 4. The largest absolute Gasteiger partial charge is 0.619 e. The zero-order valence-corrected chi connectivity index (χ0v) is 17.5. The van der Waals surface area contributed by atoms with Gasteiger partial charge in [-0.2, -0.15) is 0 Å². The van der Waals surface area contributed by atoms with Crippen LogP contribution in [0, 0.1) is 47.3 Å². The molecule has 2 aliphatic heterocycles. The van der Waals surface area contributed by atoms with Crippen LogP contribution >= 0.6 is 0 Å². The molecule has 9 atom stereocenters. The number of hydrogen-bond acceptors (Lipinski definition) is 8. The van der Waals surface area contributed by atoms with Crippen LogP contribution in [0.4, 0.5) is 0 Å². The van der Waals surface area contributed by atoms with Crippen molar-refractivity contribution < 1.29 is 38.1 Å². The normalized spacial score (nSPS) is 45.4. The quantitative estimate of drug-likeness (QED) is 0.507. The predicted octanol–water partition coefficient (Wildman–Crippen LogP) is 2.56. The number of carbonyl (C=O) groups is 4. The Labute approximate surface area is 175 Å². The number of hydrogen-bond donors (Lipinski definition) is 0. The number of ether oxygens (including phenoxy) is 4. The Morgan fingerprint density at radius 2 is 1.23 bits per heavy atom. The van der Waals surface area contributed by atoms with Gasteiger partial charge < -0.3 is 18.9 Å². The maximum atomic E-state index is 13.0. The second-order valence-electron chi connectivity index (χ2n) is 8.97. The van der Waals surface area contributed by atoms with E-state index >= 15 is 0 Å². The minimum absolute atomic E-state index is 0.0635. The molecule has 2 saturated heterocycles. The van der Waals surface area contributed by atoms with Gasteiger partial charge in [-0.1, -0.05) is 39.7 Å². The molecule has 0 radical (unpaired) electrons. The maximum absolute atomic E-state index is 13.0. The minimum Gasteiger partial charge on any atom is -0.352 e. The third-order valence-corrected chi connectivity index (χ3v) is 7.46. The van der Waals surface area contributed by atoms with E-state index in [1.165, 1.54) is 0 Å². The van der Waals surface area contributed by atoms with Gasteiger partial charge in [0.05, 0.1) is 23.7 Å². The van der Waals surface area contributed by atoms with Crippen LogP contribution in [0.25, 0.3) is 0 Å². The Hall–Kier alpha value is -2.38. The SMILES string of the molecule is C=CC1CC(CC)C2C(=O)OC3(OC(=O)C4C(C)CC(CC)C4C(=O)O3)OC(=O)C12. The Bertz CT molecular complexity index is 790. The van der Waals surface area contributed by atoms with Crippen molar-refractivity contribution in [3.8, 4) is 0 Å². The van der Waals surface area contributed by atoms with Gasteiger partial charge in [0.2, 0.25) is 0 Å². The fraction of sp³-hybridized carbons (Fsp3) is 0.727. The van der Waals surface area contributed by atoms with Crippen molar-refractivity contribution >= 4 is 23.9 Å². The summed E-state index contributed by atoms with van der Waals surface area (Å²) < 4.78 is 21.3. The van der Waals surface area contributed by atoms with E-state index in [0.717, 1.165) is 0 Å². The van der Waals surface area contributed by atoms with Crippen molar-refractivity contribution in [3.63, 3.8) is 0 Å². The van der Waals surface area contributed by atoms with Crippen molar-refractivity contribution in [1.29, 1.82) is 0 Å². The van der Waals surface area contributed by atoms with Gasteiger partial charge >= 0.3 is 30.0 Å². The Morgan fingerprint density at radius 1 is 0.800 bits per heavy atom. The summed E-state index contributed by atoms with van der Waals surface area (Å²) in [5.74, 6) is -6.68. The number of carbonyl (C=O) groups excluding carboxylic acids is 4. The molecule has 0 aromatic carbocycles. The first kappa shape index (κ1) is 20.9. The van der Waals surface area contributed by atoms with Gasteiger partial charge in [-0.05, 0) is 36.5 Å². The highest BCUT2D eigenvalue weighted by Gasteiger charge is 2.65. The van der Waals surface area contributed by atoms with Crippen molar-refractivity contribution in [3.05, 3.63) is 12.7 Å². The van der Waals surface area contributed by atoms with Gasteiger partial charge in [0.15, 0.2) is 0 Å². The van der Waals surface area contributed by atoms with Crippen molar-refractivity contribution in [2.75, 3.05) is 0 Å². The summed E-state index contributed by atoms with van der Waals surface area (Å²) in [6.07, 6.45) is 1.46. The Morgan fingerprint density at radius 3 is 1.73 bits per heavy atom. The second-order valence-corrected chi connectivity index (χ2v) is 8.97. The van der Waals surface area contributed by atoms with Gasteiger partial charge in [-0.25, -0.2) is 0 Å². The van der Waals surface area contributed by atoms with Crippen LogP contribution in [0.5, 0.6) is 0 Å². The molecule has 0 N–H and O–H groups in total. The zero-order chi connectivity index (χ0) is 21.8. The zero-order valence-electron chi connectivity index (χ0n) is 17.5. The highest BCUT2D eigenvalue weighted by molar-refractivity contribution is 5.88. The van der Waals surface area contributed by atoms with Gasteiger partial charge in [0.25, 0.3) is 0 Å². The lowest BCUT2D eigenvalue weighted by Crippen LogP contribution is -2.46. The summed E-state index contributed by atoms with van der Waals surface area (Å²) in [6.45, 7) is 9.50. The first-order valence-electron chi connectivity index (χ1n) is 10.8. The first-order chi connectivity index (χ1) is 14.2. The lowest BCUT2D eigenvalue weighted by atomic mass is 9.86. The van der Waals surface area contributed by atoms with Crippen LogP contribution in [0.1, 0.15) is 46.5 Å². The molecular formula is C22H28O8. The van der Waals surface area contributed by atoms with Crippen molar-refractivity contribution in [2.45, 2.75) is 52.6 Å². The average Bonchev–Trinajstić information content (AvgIpc) is 3.18. The Balaban J connectivity index is 1.69. The third kappa shape index (κ3) is 3.03. The summed E-state index contributed by atoms with van der Waals surface area (Å²) in [5, 5.41) is 0. The molecule has 0 amide bonds. The smallest absolute Gasteiger partial charge is 0.352 e. The van der Waals surface area contributed by atoms with Crippen LogP contribution < -0.4 is 0 Å². The second kappa shape index (κ2) is 7.39. The lowest BCUT2D eigenvalue weighted by molar-refractivity contribution is -0.428. The third-order valence-electron chi connectivity index (χ3n) is 7.46. The van der Waals surface area contributed by atoms with Crippen LogP contribution in [0.15, 0.2) is 12.7 Å². The van der Waals surface area contributed by atoms with Crippen molar-refractivity contribution in [2.24, 2.45) is 47.3 Å². The van der Waals surface area contributed by atoms with Crippen LogP contribution in [-0.2, 0) is 38.1 Å². The number of allylic oxidation sites excluding steroid dienone is 1. The van der Waals surface area contributed by atoms with E-state index in [1.54, 1.807) is 6.08 Å². The summed E-state index contributed by atoms with van der Waals surface area (Å²) in [5.41, 5.74) is 0. The molecule has 9 unspecified atom stereocenters. The number of fused-ring (bicyclic) bond motifs is 2. The molecule has 8 heteroatoms. The van der Waals surface area contributed by atoms with Crippen molar-refractivity contribution in [1.82, 2.24) is 0 Å². The van der Waals surface area contributed by atoms with Gasteiger partial charge in [0, 0.05) is 0 Å². The van der Waals surface area contributed by atoms with E-state index < -0.39 is 53.7 Å². The van der Waals surface area contributed by atoms with Crippen LogP contribution in [-0.4, -0.2) is 30.0 Å². The molecule has 2 saturated carbocycles. The molecule has 2 heterocycles. The van der Waals surface area contributed by atoms with E-state index in [1.807, 2.05) is 20.8 Å². The van der Waals surface area contributed by atoms with Gasteiger partial charge in [0.1, 0.15) is 0 Å². The summed E-state index contributed by atoms with van der Waals surface area (Å²) in [4.78, 5) is 52.0. The number of rotatable bonds is 3. The van der Waals surface area contributed by atoms with E-state index in [-0.39, 0.29) is 23.7 Å². The molecule has 8 nitrogen and oxygen atoms in total. The van der Waals surface area contributed by atoms with Gasteiger partial charge in [-0.3, -0.25) is 19.2 Å². The molecular weight excluding hydrogens is 392 g/mol. The lowest BCUT2D eigenvalue weighted by Gasteiger charge is -2.27. The standard InChI is InChI=1S/C22H28O8/c1-5-11-8-10(4)14-15(11)19(24)28-22(27-18(14)23)29-20(25)16-12(6-2)9-13(7-3)17(16)21(26)30-22/h6,10-17H,2,5,7-9H2,1,3-4H3. The van der Waals surface area contributed by atoms with E-state index in [9.17, 15) is 19.2 Å². The molecule has 30 heavy (non-hydrogen) atoms. The topological polar surface area (TPSA) is 105 Å². The molecule has 0 bridgehead atoms. The molecule has 1 spiro atoms. The van der Waals surface area contributed by atoms with E-state index in [2.05, 4.69) is 6.58 Å². The monoisotopic (exact) mass is 420 g/mol. The molecule has 2 aliphatic carbocycles. The van der Waals surface area contributed by atoms with Gasteiger partial charge in [-0.15, -0.1) is 6.58 Å². The van der Waals surface area contributed by atoms with E-state index in [0.29, 0.717) is 25.7 Å². The van der Waals surface area contributed by atoms with Crippen LogP contribution in [0.2, 0.25) is 0 Å². The summed E-state index contributed by atoms with van der Waals surface area (Å²) >= 11 is 0.